The number of carbonyl (C=O) groups is 4. The van der Waals surface area contributed by atoms with E-state index in [1.54, 1.807) is 0 Å². The fraction of sp³-hybridized carbons (Fsp3) is 0.938. The molecule has 12 bridgehead atoms. The van der Waals surface area contributed by atoms with Crippen LogP contribution in [0.5, 0.6) is 0 Å². The molecule has 23 heteroatoms. The number of carbonyl (C=O) groups excluding carboxylic acids is 4. The zero-order valence-electron chi connectivity index (χ0n) is 55.8. The molecule has 0 amide bonds. The maximum Gasteiger partial charge on any atom is 0.312 e. The lowest BCUT2D eigenvalue weighted by Crippen LogP contribution is -2.48. The summed E-state index contributed by atoms with van der Waals surface area (Å²) in [5.41, 5.74) is 0. The van der Waals surface area contributed by atoms with Crippen LogP contribution < -0.4 is 0 Å². The summed E-state index contributed by atoms with van der Waals surface area (Å²) in [6.07, 6.45) is 19.4. The lowest BCUT2D eigenvalue weighted by molar-refractivity contribution is -0.161. The van der Waals surface area contributed by atoms with E-state index in [9.17, 15) is 44.4 Å². The van der Waals surface area contributed by atoms with Crippen LogP contribution in [0.4, 0.5) is 0 Å². The van der Waals surface area contributed by atoms with Crippen LogP contribution in [-0.4, -0.2) is 159 Å². The summed E-state index contributed by atoms with van der Waals surface area (Å²) < 4.78 is 118. The molecule has 88 heavy (non-hydrogen) atoms. The van der Waals surface area contributed by atoms with Crippen molar-refractivity contribution in [3.05, 3.63) is 0 Å². The summed E-state index contributed by atoms with van der Waals surface area (Å²) in [5.74, 6) is 5.76. The number of hydrogen-bond acceptors (Lipinski definition) is 20. The van der Waals surface area contributed by atoms with E-state index >= 15 is 0 Å². The van der Waals surface area contributed by atoms with Crippen molar-refractivity contribution in [2.75, 3.05) is 50.7 Å². The molecule has 13 heterocycles. The van der Waals surface area contributed by atoms with Crippen molar-refractivity contribution >= 4 is 53.7 Å². The molecule has 18 aliphatic rings. The van der Waals surface area contributed by atoms with Gasteiger partial charge in [-0.2, -0.15) is 8.42 Å². The summed E-state index contributed by atoms with van der Waals surface area (Å²) >= 11 is 0. The van der Waals surface area contributed by atoms with Gasteiger partial charge in [-0.05, 0) is 126 Å². The van der Waals surface area contributed by atoms with E-state index in [4.69, 9.17) is 42.6 Å². The monoisotopic (exact) mass is 1310 g/mol. The van der Waals surface area contributed by atoms with Gasteiger partial charge < -0.3 is 42.6 Å². The maximum atomic E-state index is 11.5. The summed E-state index contributed by atoms with van der Waals surface area (Å²) in [6, 6.07) is 0. The molecule has 512 valence electrons. The van der Waals surface area contributed by atoms with Gasteiger partial charge in [0.15, 0.2) is 19.7 Å². The third-order valence-electron chi connectivity index (χ3n) is 19.8. The van der Waals surface area contributed by atoms with Gasteiger partial charge in [-0.25, -0.2) is 16.8 Å². The molecule has 20 nitrogen and oxygen atoms in total. The van der Waals surface area contributed by atoms with Gasteiger partial charge in [-0.15, -0.1) is 0 Å². The zero-order chi connectivity index (χ0) is 65.3. The van der Waals surface area contributed by atoms with E-state index < -0.39 is 29.8 Å². The molecule has 5 aliphatic carbocycles. The molecule has 18 fully saturated rings. The van der Waals surface area contributed by atoms with Crippen LogP contribution in [0.1, 0.15) is 206 Å². The molecule has 13 saturated heterocycles. The second-order valence-corrected chi connectivity index (χ2v) is 30.4. The van der Waals surface area contributed by atoms with Crippen LogP contribution in [0.2, 0.25) is 0 Å². The molecule has 5 saturated carbocycles. The second-order valence-electron chi connectivity index (χ2n) is 24.3. The van der Waals surface area contributed by atoms with Crippen molar-refractivity contribution in [1.29, 1.82) is 0 Å². The van der Waals surface area contributed by atoms with Crippen molar-refractivity contribution in [1.82, 2.24) is 0 Å². The molecule has 0 N–H and O–H groups in total. The van der Waals surface area contributed by atoms with E-state index in [0.29, 0.717) is 92.9 Å². The van der Waals surface area contributed by atoms with Crippen LogP contribution in [0.15, 0.2) is 0 Å². The van der Waals surface area contributed by atoms with Crippen molar-refractivity contribution in [3.63, 3.8) is 0 Å². The molecule has 0 aromatic rings. The first-order valence-corrected chi connectivity index (χ1v) is 39.6. The normalized spacial score (nSPS) is 41.8. The summed E-state index contributed by atoms with van der Waals surface area (Å²) in [6.45, 7) is 31.0. The highest BCUT2D eigenvalue weighted by Gasteiger charge is 2.59. The van der Waals surface area contributed by atoms with Crippen molar-refractivity contribution in [2.24, 2.45) is 71.0 Å². The average molecular weight is 1310 g/mol. The Morgan fingerprint density at radius 1 is 0.386 bits per heavy atom. The number of fused-ring (bicyclic) bond motifs is 11. The minimum absolute atomic E-state index is 0.0223. The minimum atomic E-state index is -3.05. The van der Waals surface area contributed by atoms with Crippen LogP contribution in [0.25, 0.3) is 0 Å². The predicted octanol–water partition coefficient (Wildman–Crippen LogP) is 10.4. The quantitative estimate of drug-likeness (QED) is 0.124. The predicted molar refractivity (Wildman–Crippen MR) is 334 cm³/mol. The average Bonchev–Trinajstić information content (AvgIpc) is 1.70. The van der Waals surface area contributed by atoms with Gasteiger partial charge in [0.1, 0.15) is 18.0 Å². The van der Waals surface area contributed by atoms with Crippen LogP contribution >= 0.6 is 0 Å². The number of esters is 4. The molecule has 22 unspecified atom stereocenters. The lowest BCUT2D eigenvalue weighted by atomic mass is 9.79. The molecule has 0 radical (unpaired) electrons. The van der Waals surface area contributed by atoms with E-state index in [1.165, 1.54) is 25.7 Å². The van der Waals surface area contributed by atoms with Gasteiger partial charge in [0.25, 0.3) is 10.1 Å². The SMILES string of the molecule is CC.CC.CC.CC.CC.CC.CC.O=C1OCC2C3CCC(O3)C12.O=C1OCC2CC3CC1C2C3.O=C1OCC2CC3CC1C2O3.O=C1OCC2CCCC1C2.O=S1(=O)CCCO1.O=S1(=O)COC2CC3CC1C2O3.O=S1(=O)COC2CC3CC2C1C3. The van der Waals surface area contributed by atoms with Gasteiger partial charge in [-0.1, -0.05) is 103 Å². The van der Waals surface area contributed by atoms with Crippen molar-refractivity contribution in [2.45, 2.75) is 265 Å². The Bertz CT molecular complexity index is 2390. The van der Waals surface area contributed by atoms with E-state index in [-0.39, 0.29) is 106 Å². The highest BCUT2D eigenvalue weighted by atomic mass is 32.2. The number of hydrogen-bond donors (Lipinski definition) is 0. The van der Waals surface area contributed by atoms with E-state index in [0.717, 1.165) is 89.1 Å². The molecule has 18 rings (SSSR count). The van der Waals surface area contributed by atoms with Gasteiger partial charge in [0, 0.05) is 24.2 Å². The highest BCUT2D eigenvalue weighted by Crippen LogP contribution is 2.55. The zero-order valence-corrected chi connectivity index (χ0v) is 58.2. The Kier molecular flexibility index (Phi) is 30.9. The standard InChI is InChI=1S/C9H12O2.C8H12O3S.2C8H10O3.C8H12O2.C7H10O4S.C3H6O3S.7C2H6/c10-9-8-3-5-1-6(4-11-9)7(8)2-5;9-12(10)4-11-7-2-5-1-6(7)8(12)3-5;9-8-6-2-5-1-4(3-10-8)7(6)11-5;9-8-7-4(3-10-8)5-1-2-6(7)11-5;9-8-7-3-1-2-6(4-7)5-10-8;8-12(9)3-10-5-1-4-2-6(12)7(5)11-4;4-7(5)3-1-2-6-7;7*1-2/h5-8H,1-4H2;5-8H,1-4H2;2*4-7H,1-3H2;6-7H,1-5H2;4-7H,1-3H2;1-3H2;7*1-2H3. The van der Waals surface area contributed by atoms with Crippen LogP contribution in [0.3, 0.4) is 0 Å². The molecular weight excluding hydrogens is 1200 g/mol. The number of sulfone groups is 2. The largest absolute Gasteiger partial charge is 0.465 e. The smallest absolute Gasteiger partial charge is 0.312 e. The van der Waals surface area contributed by atoms with Gasteiger partial charge >= 0.3 is 23.9 Å². The van der Waals surface area contributed by atoms with Crippen LogP contribution in [-0.2, 0) is 95.8 Å². The second kappa shape index (κ2) is 35.7. The van der Waals surface area contributed by atoms with Gasteiger partial charge in [0.2, 0.25) is 0 Å². The Balaban J connectivity index is 0.000000182. The number of ether oxygens (including phenoxy) is 9. The highest BCUT2D eigenvalue weighted by molar-refractivity contribution is 7.92. The minimum Gasteiger partial charge on any atom is -0.465 e. The first-order chi connectivity index (χ1) is 42.4. The summed E-state index contributed by atoms with van der Waals surface area (Å²) in [4.78, 5) is 44.5. The Morgan fingerprint density at radius 3 is 1.51 bits per heavy atom. The van der Waals surface area contributed by atoms with Crippen molar-refractivity contribution in [3.8, 4) is 0 Å². The summed E-state index contributed by atoms with van der Waals surface area (Å²) in [5, 5.41) is -0.315. The van der Waals surface area contributed by atoms with E-state index in [2.05, 4.69) is 4.18 Å². The van der Waals surface area contributed by atoms with Crippen molar-refractivity contribution < 1.29 is 91.2 Å². The Labute approximate surface area is 529 Å². The Hall–Kier alpha value is -2.51. The third kappa shape index (κ3) is 18.0. The topological polar surface area (TPSA) is 263 Å². The molecule has 22 atom stereocenters. The fourth-order valence-corrected chi connectivity index (χ4v) is 20.9. The molecule has 0 aromatic carbocycles. The molecule has 13 aliphatic heterocycles. The maximum absolute atomic E-state index is 11.5. The van der Waals surface area contributed by atoms with Gasteiger partial charge in [0.05, 0.1) is 116 Å². The van der Waals surface area contributed by atoms with Gasteiger partial charge in [-0.3, -0.25) is 23.4 Å². The van der Waals surface area contributed by atoms with Crippen LogP contribution in [0, 0.1) is 71.0 Å². The summed E-state index contributed by atoms with van der Waals surface area (Å²) in [7, 11) is -8.94. The lowest BCUT2D eigenvalue weighted by Gasteiger charge is -2.34. The molecule has 0 spiro atoms. The molecular formula is C65H114O20S3. The molecule has 0 aromatic heterocycles. The van der Waals surface area contributed by atoms with E-state index in [1.807, 2.05) is 96.9 Å². The first-order valence-electron chi connectivity index (χ1n) is 34.6. The number of rotatable bonds is 0. The third-order valence-corrected chi connectivity index (χ3v) is 24.9. The fourth-order valence-electron chi connectivity index (χ4n) is 16.4. The Morgan fingerprint density at radius 2 is 0.966 bits per heavy atom. The number of cyclic esters (lactones) is 4. The first kappa shape index (κ1) is 76.2.